The molecule has 1 aromatic carbocycles. The topological polar surface area (TPSA) is 58.4 Å². The van der Waals surface area contributed by atoms with Crippen molar-refractivity contribution < 1.29 is 9.18 Å². The van der Waals surface area contributed by atoms with Crippen LogP contribution in [0.4, 0.5) is 4.39 Å². The molecule has 0 aromatic heterocycles. The van der Waals surface area contributed by atoms with E-state index in [1.165, 1.54) is 30.5 Å². The first-order valence-electron chi connectivity index (χ1n) is 9.00. The maximum atomic E-state index is 13.2. The fraction of sp³-hybridized carbons (Fsp3) is 0.632. The molecule has 5 heteroatoms. The van der Waals surface area contributed by atoms with E-state index in [2.05, 4.69) is 5.32 Å². The zero-order valence-corrected chi connectivity index (χ0v) is 14.4. The zero-order valence-electron chi connectivity index (χ0n) is 14.4. The highest BCUT2D eigenvalue weighted by Gasteiger charge is 2.37. The Morgan fingerprint density at radius 3 is 2.50 bits per heavy atom. The zero-order chi connectivity index (χ0) is 17.2. The van der Waals surface area contributed by atoms with Crippen molar-refractivity contribution in [3.8, 4) is 0 Å². The lowest BCUT2D eigenvalue weighted by Gasteiger charge is -2.43. The first kappa shape index (κ1) is 17.4. The monoisotopic (exact) mass is 333 g/mol. The first-order chi connectivity index (χ1) is 11.5. The quantitative estimate of drug-likeness (QED) is 0.838. The van der Waals surface area contributed by atoms with Crippen LogP contribution in [-0.4, -0.2) is 42.5 Å². The summed E-state index contributed by atoms with van der Waals surface area (Å²) in [5.74, 6) is -0.151. The van der Waals surface area contributed by atoms with Crippen LogP contribution in [-0.2, 0) is 11.2 Å². The van der Waals surface area contributed by atoms with Crippen LogP contribution in [0.2, 0.25) is 0 Å². The largest absolute Gasteiger partial charge is 0.341 e. The van der Waals surface area contributed by atoms with Gasteiger partial charge in [0.05, 0.1) is 6.04 Å². The number of likely N-dealkylation sites (tertiary alicyclic amines) is 1. The number of nitrogens with two attached hydrogens (primary N) is 1. The highest BCUT2D eigenvalue weighted by Crippen LogP contribution is 2.36. The van der Waals surface area contributed by atoms with E-state index in [-0.39, 0.29) is 17.1 Å². The Labute approximate surface area is 143 Å². The predicted molar refractivity (Wildman–Crippen MR) is 93.0 cm³/mol. The summed E-state index contributed by atoms with van der Waals surface area (Å²) in [6.07, 6.45) is 5.38. The summed E-state index contributed by atoms with van der Waals surface area (Å²) in [6, 6.07) is 7.07. The maximum absolute atomic E-state index is 13.2. The standard InChI is InChI=1S/C19H28FN3O/c1-14(21)18(24)23-10-8-19(9-11-23,13-22-17-6-7-17)12-15-2-4-16(20)5-3-15/h2-5,14,17,22H,6-13,21H2,1H3/t14-/m1/s1. The van der Waals surface area contributed by atoms with Crippen LogP contribution in [0.1, 0.15) is 38.2 Å². The second-order valence-electron chi connectivity index (χ2n) is 7.57. The lowest BCUT2D eigenvalue weighted by Crippen LogP contribution is -2.51. The number of nitrogens with one attached hydrogen (secondary N) is 1. The lowest BCUT2D eigenvalue weighted by molar-refractivity contribution is -0.134. The molecule has 1 atom stereocenters. The number of carbonyl (C=O) groups excluding carboxylic acids is 1. The second kappa shape index (κ2) is 7.19. The number of halogens is 1. The molecule has 0 unspecified atom stereocenters. The first-order valence-corrected chi connectivity index (χ1v) is 9.00. The number of hydrogen-bond donors (Lipinski definition) is 2. The summed E-state index contributed by atoms with van der Waals surface area (Å²) in [5.41, 5.74) is 7.04. The van der Waals surface area contributed by atoms with E-state index in [4.69, 9.17) is 5.73 Å². The van der Waals surface area contributed by atoms with Gasteiger partial charge in [0.2, 0.25) is 5.91 Å². The number of nitrogens with zero attached hydrogens (tertiary/aromatic N) is 1. The van der Waals surface area contributed by atoms with E-state index < -0.39 is 6.04 Å². The molecule has 2 aliphatic rings. The minimum absolute atomic E-state index is 0.0422. The van der Waals surface area contributed by atoms with Gasteiger partial charge >= 0.3 is 0 Å². The molecule has 1 aliphatic carbocycles. The van der Waals surface area contributed by atoms with Gasteiger partial charge < -0.3 is 16.0 Å². The van der Waals surface area contributed by atoms with Gasteiger partial charge in [0.25, 0.3) is 0 Å². The van der Waals surface area contributed by atoms with Crippen LogP contribution in [0.15, 0.2) is 24.3 Å². The molecule has 1 saturated heterocycles. The minimum atomic E-state index is -0.431. The normalized spacial score (nSPS) is 21.5. The smallest absolute Gasteiger partial charge is 0.239 e. The number of hydrogen-bond acceptors (Lipinski definition) is 3. The molecule has 4 nitrogen and oxygen atoms in total. The Bertz CT molecular complexity index is 560. The summed E-state index contributed by atoms with van der Waals surface area (Å²) in [5, 5.41) is 3.66. The maximum Gasteiger partial charge on any atom is 0.239 e. The molecule has 1 aromatic rings. The number of amides is 1. The molecule has 1 heterocycles. The molecule has 1 amide bonds. The average molecular weight is 333 g/mol. The van der Waals surface area contributed by atoms with Crippen LogP contribution in [0, 0.1) is 11.2 Å². The molecule has 2 fully saturated rings. The third-order valence-corrected chi connectivity index (χ3v) is 5.36. The molecular weight excluding hydrogens is 305 g/mol. The van der Waals surface area contributed by atoms with Gasteiger partial charge in [-0.15, -0.1) is 0 Å². The molecule has 0 bridgehead atoms. The van der Waals surface area contributed by atoms with Crippen molar-refractivity contribution >= 4 is 5.91 Å². The predicted octanol–water partition coefficient (Wildman–Crippen LogP) is 2.08. The van der Waals surface area contributed by atoms with Gasteiger partial charge in [-0.05, 0) is 62.1 Å². The van der Waals surface area contributed by atoms with Crippen LogP contribution in [0.5, 0.6) is 0 Å². The van der Waals surface area contributed by atoms with Gasteiger partial charge in [-0.1, -0.05) is 12.1 Å². The third kappa shape index (κ3) is 4.33. The highest BCUT2D eigenvalue weighted by molar-refractivity contribution is 5.81. The number of piperidine rings is 1. The van der Waals surface area contributed by atoms with Gasteiger partial charge in [0, 0.05) is 25.7 Å². The summed E-state index contributed by atoms with van der Waals surface area (Å²) >= 11 is 0. The van der Waals surface area contributed by atoms with E-state index in [9.17, 15) is 9.18 Å². The molecule has 3 rings (SSSR count). The number of rotatable bonds is 6. The van der Waals surface area contributed by atoms with Crippen molar-refractivity contribution in [2.24, 2.45) is 11.1 Å². The van der Waals surface area contributed by atoms with Crippen molar-refractivity contribution in [2.75, 3.05) is 19.6 Å². The summed E-state index contributed by atoms with van der Waals surface area (Å²) in [6.45, 7) is 4.23. The Balaban J connectivity index is 1.67. The molecule has 1 saturated carbocycles. The third-order valence-electron chi connectivity index (χ3n) is 5.36. The molecule has 132 valence electrons. The highest BCUT2D eigenvalue weighted by atomic mass is 19.1. The van der Waals surface area contributed by atoms with Crippen molar-refractivity contribution in [2.45, 2.75) is 51.1 Å². The van der Waals surface area contributed by atoms with Crippen molar-refractivity contribution in [3.63, 3.8) is 0 Å². The van der Waals surface area contributed by atoms with E-state index in [1.807, 2.05) is 17.0 Å². The van der Waals surface area contributed by atoms with E-state index >= 15 is 0 Å². The molecule has 0 spiro atoms. The van der Waals surface area contributed by atoms with Crippen LogP contribution >= 0.6 is 0 Å². The number of benzene rings is 1. The fourth-order valence-electron chi connectivity index (χ4n) is 3.59. The van der Waals surface area contributed by atoms with E-state index in [0.29, 0.717) is 6.04 Å². The van der Waals surface area contributed by atoms with Crippen molar-refractivity contribution in [1.82, 2.24) is 10.2 Å². The summed E-state index contributed by atoms with van der Waals surface area (Å²) in [4.78, 5) is 14.0. The van der Waals surface area contributed by atoms with Gasteiger partial charge in [0.1, 0.15) is 5.82 Å². The Morgan fingerprint density at radius 2 is 1.96 bits per heavy atom. The summed E-state index contributed by atoms with van der Waals surface area (Å²) < 4.78 is 13.2. The van der Waals surface area contributed by atoms with Crippen LogP contribution < -0.4 is 11.1 Å². The SMILES string of the molecule is C[C@@H](N)C(=O)N1CCC(CNC2CC2)(Cc2ccc(F)cc2)CC1. The van der Waals surface area contributed by atoms with Gasteiger partial charge in [0.15, 0.2) is 0 Å². The Hall–Kier alpha value is -1.46. The summed E-state index contributed by atoms with van der Waals surface area (Å²) in [7, 11) is 0. The van der Waals surface area contributed by atoms with Crippen LogP contribution in [0.3, 0.4) is 0 Å². The van der Waals surface area contributed by atoms with Gasteiger partial charge in [-0.25, -0.2) is 4.39 Å². The minimum Gasteiger partial charge on any atom is -0.341 e. The van der Waals surface area contributed by atoms with Gasteiger partial charge in [-0.2, -0.15) is 0 Å². The average Bonchev–Trinajstić information content (AvgIpc) is 3.40. The Morgan fingerprint density at radius 1 is 1.33 bits per heavy atom. The molecule has 24 heavy (non-hydrogen) atoms. The lowest BCUT2D eigenvalue weighted by atomic mass is 9.73. The molecule has 0 radical (unpaired) electrons. The van der Waals surface area contributed by atoms with Gasteiger partial charge in [-0.3, -0.25) is 4.79 Å². The molecule has 3 N–H and O–H groups in total. The second-order valence-corrected chi connectivity index (χ2v) is 7.57. The molecular formula is C19H28FN3O. The van der Waals surface area contributed by atoms with Crippen molar-refractivity contribution in [3.05, 3.63) is 35.6 Å². The van der Waals surface area contributed by atoms with Crippen molar-refractivity contribution in [1.29, 1.82) is 0 Å². The number of carbonyl (C=O) groups is 1. The van der Waals surface area contributed by atoms with E-state index in [1.54, 1.807) is 6.92 Å². The van der Waals surface area contributed by atoms with Crippen LogP contribution in [0.25, 0.3) is 0 Å². The molecule has 1 aliphatic heterocycles. The fourth-order valence-corrected chi connectivity index (χ4v) is 3.59. The Kier molecular flexibility index (Phi) is 5.21. The van der Waals surface area contributed by atoms with E-state index in [0.717, 1.165) is 38.9 Å².